The number of hydrogen-bond donors (Lipinski definition) is 2. The molecule has 4 aliphatic rings. The summed E-state index contributed by atoms with van der Waals surface area (Å²) in [4.78, 5) is 30.5. The van der Waals surface area contributed by atoms with Gasteiger partial charge in [-0.15, -0.1) is 11.3 Å². The van der Waals surface area contributed by atoms with Gasteiger partial charge in [0.05, 0.1) is 13.2 Å². The fraction of sp³-hybridized carbons (Fsp3) is 0.358. The molecule has 12 heteroatoms. The van der Waals surface area contributed by atoms with Gasteiger partial charge in [0, 0.05) is 64.0 Å². The Morgan fingerprint density at radius 3 is 2.22 bits per heavy atom. The number of rotatable bonds is 11. The maximum absolute atomic E-state index is 12.8. The molecule has 4 aliphatic heterocycles. The molecule has 2 saturated heterocycles. The third kappa shape index (κ3) is 10.7. The van der Waals surface area contributed by atoms with Crippen LogP contribution < -0.4 is 29.6 Å². The Balaban J connectivity index is 0.000000164. The van der Waals surface area contributed by atoms with Crippen LogP contribution in [0.2, 0.25) is 0 Å². The number of nitrogens with zero attached hydrogens (tertiary/aromatic N) is 2. The molecule has 2 aromatic heterocycles. The molecule has 0 spiro atoms. The Labute approximate surface area is 385 Å². The standard InChI is InChI=1S/C27H30N2O4.C26H28N2O3S/c1-2-31-21-9-7-10-22(18-21)32-27(30)28-26-25(23-11-3-4-12-24(23)33-26)19-13-14-20-8-5-6-16-29(20)17-15-19;1-2-13-30-21-6-3-7-22(16-21)31-26(29)27-19-8-9-25-23(15-19)24(17-32-25)18-10-12-28-11-4-5-20(28)14-18/h3-4,7,9-12,15,18,20H,2,5-6,8,13-14,16-17H2,1H3,(H,28,30);3,6-10,15-17,20H,2,4-5,11-14H2,1H3,(H,27,29). The summed E-state index contributed by atoms with van der Waals surface area (Å²) in [5, 5.41) is 10.2. The number of furan rings is 1. The van der Waals surface area contributed by atoms with E-state index in [1.807, 2.05) is 49.4 Å². The summed E-state index contributed by atoms with van der Waals surface area (Å²) in [6.45, 7) is 9.52. The number of piperidine rings is 1. The number of hydrogen-bond acceptors (Lipinski definition) is 10. The molecule has 2 N–H and O–H groups in total. The van der Waals surface area contributed by atoms with Gasteiger partial charge in [-0.1, -0.05) is 55.8 Å². The van der Waals surface area contributed by atoms with Gasteiger partial charge in [-0.05, 0) is 142 Å². The average Bonchev–Trinajstić information content (AvgIpc) is 4.02. The van der Waals surface area contributed by atoms with Crippen molar-refractivity contribution in [3.8, 4) is 23.0 Å². The fourth-order valence-corrected chi connectivity index (χ4v) is 10.5. The summed E-state index contributed by atoms with van der Waals surface area (Å²) in [6, 6.07) is 29.5. The Hall–Kier alpha value is -6.08. The van der Waals surface area contributed by atoms with E-state index in [0.717, 1.165) is 61.0 Å². The minimum absolute atomic E-state index is 0.418. The van der Waals surface area contributed by atoms with Crippen LogP contribution in [0.4, 0.5) is 21.2 Å². The number of anilines is 2. The van der Waals surface area contributed by atoms with E-state index >= 15 is 0 Å². The van der Waals surface area contributed by atoms with Gasteiger partial charge >= 0.3 is 12.2 Å². The first-order valence-electron chi connectivity index (χ1n) is 23.2. The minimum atomic E-state index is -0.587. The first-order valence-corrected chi connectivity index (χ1v) is 24.1. The highest BCUT2D eigenvalue weighted by Gasteiger charge is 2.30. The van der Waals surface area contributed by atoms with Crippen LogP contribution in [0, 0.1) is 0 Å². The Kier molecular flexibility index (Phi) is 14.1. The van der Waals surface area contributed by atoms with Gasteiger partial charge in [0.1, 0.15) is 28.6 Å². The van der Waals surface area contributed by atoms with Crippen molar-refractivity contribution >= 4 is 67.3 Å². The summed E-state index contributed by atoms with van der Waals surface area (Å²) >= 11 is 1.76. The van der Waals surface area contributed by atoms with Gasteiger partial charge in [-0.2, -0.15) is 0 Å². The number of benzene rings is 4. The summed E-state index contributed by atoms with van der Waals surface area (Å²) < 4.78 is 29.4. The second-order valence-corrected chi connectivity index (χ2v) is 18.0. The van der Waals surface area contributed by atoms with Crippen molar-refractivity contribution in [2.24, 2.45) is 0 Å². The lowest BCUT2D eigenvalue weighted by Gasteiger charge is -2.33. The van der Waals surface area contributed by atoms with Crippen molar-refractivity contribution in [2.45, 2.75) is 83.7 Å². The fourth-order valence-electron chi connectivity index (χ4n) is 9.58. The smallest absolute Gasteiger partial charge is 0.419 e. The number of carbonyl (C=O) groups excluding carboxylic acids is 2. The molecule has 6 aromatic rings. The van der Waals surface area contributed by atoms with Crippen LogP contribution in [0.1, 0.15) is 82.8 Å². The van der Waals surface area contributed by atoms with Crippen molar-refractivity contribution in [3.05, 3.63) is 120 Å². The van der Waals surface area contributed by atoms with Crippen LogP contribution in [0.5, 0.6) is 23.0 Å². The summed E-state index contributed by atoms with van der Waals surface area (Å²) in [5.41, 5.74) is 6.41. The second-order valence-electron chi connectivity index (χ2n) is 17.1. The SMILES string of the molecule is CCCOc1cccc(OC(=O)Nc2ccc3scc(C4=CCN5CCCC5C4)c3c2)c1.CCOc1cccc(OC(=O)Nc2oc3ccccc3c2C2=CCN3CCCCC3CC2)c1. The van der Waals surface area contributed by atoms with E-state index in [2.05, 4.69) is 63.1 Å². The zero-order valence-corrected chi connectivity index (χ0v) is 38.1. The first kappa shape index (κ1) is 44.1. The highest BCUT2D eigenvalue weighted by atomic mass is 32.1. The highest BCUT2D eigenvalue weighted by molar-refractivity contribution is 7.17. The second kappa shape index (κ2) is 20.8. The number of para-hydroxylation sites is 1. The van der Waals surface area contributed by atoms with E-state index < -0.39 is 12.2 Å². The average molecular weight is 895 g/mol. The first-order chi connectivity index (χ1) is 31.9. The van der Waals surface area contributed by atoms with Gasteiger partial charge in [-0.25, -0.2) is 9.59 Å². The lowest BCUT2D eigenvalue weighted by Crippen LogP contribution is -2.38. The number of allylic oxidation sites excluding steroid dienone is 1. The van der Waals surface area contributed by atoms with Crippen LogP contribution in [0.15, 0.2) is 113 Å². The zero-order chi connectivity index (χ0) is 44.5. The number of ether oxygens (including phenoxy) is 4. The van der Waals surface area contributed by atoms with E-state index in [1.165, 1.54) is 72.0 Å². The number of fused-ring (bicyclic) bond motifs is 4. The molecule has 11 nitrogen and oxygen atoms in total. The molecule has 2 fully saturated rings. The molecule has 338 valence electrons. The molecule has 2 atom stereocenters. The molecule has 0 radical (unpaired) electrons. The van der Waals surface area contributed by atoms with Crippen molar-refractivity contribution in [1.29, 1.82) is 0 Å². The predicted octanol–water partition coefficient (Wildman–Crippen LogP) is 13.0. The van der Waals surface area contributed by atoms with Crippen LogP contribution in [0.3, 0.4) is 0 Å². The van der Waals surface area contributed by atoms with E-state index in [1.54, 1.807) is 41.7 Å². The van der Waals surface area contributed by atoms with Crippen LogP contribution in [0.25, 0.3) is 32.2 Å². The third-order valence-electron chi connectivity index (χ3n) is 12.7. The van der Waals surface area contributed by atoms with Crippen molar-refractivity contribution < 1.29 is 33.0 Å². The monoisotopic (exact) mass is 894 g/mol. The van der Waals surface area contributed by atoms with E-state index in [-0.39, 0.29) is 0 Å². The van der Waals surface area contributed by atoms with Crippen molar-refractivity contribution in [1.82, 2.24) is 9.80 Å². The Morgan fingerprint density at radius 2 is 1.42 bits per heavy atom. The number of nitrogens with one attached hydrogen (secondary N) is 2. The number of thiophene rings is 1. The summed E-state index contributed by atoms with van der Waals surface area (Å²) in [6.07, 6.45) is 14.2. The van der Waals surface area contributed by atoms with Gasteiger partial charge in [0.25, 0.3) is 0 Å². The molecule has 65 heavy (non-hydrogen) atoms. The Bertz CT molecular complexity index is 2680. The van der Waals surface area contributed by atoms with Crippen LogP contribution >= 0.6 is 11.3 Å². The normalized spacial score (nSPS) is 18.6. The Morgan fingerprint density at radius 1 is 0.708 bits per heavy atom. The van der Waals surface area contributed by atoms with Crippen molar-refractivity contribution in [2.75, 3.05) is 50.0 Å². The van der Waals surface area contributed by atoms with Gasteiger partial charge in [-0.3, -0.25) is 20.4 Å². The quantitative estimate of drug-likeness (QED) is 0.131. The maximum Gasteiger partial charge on any atom is 0.419 e. The third-order valence-corrected chi connectivity index (χ3v) is 13.7. The zero-order valence-electron chi connectivity index (χ0n) is 37.3. The molecule has 6 heterocycles. The lowest BCUT2D eigenvalue weighted by molar-refractivity contribution is 0.161. The molecule has 2 amide bonds. The van der Waals surface area contributed by atoms with Gasteiger partial charge in [0.2, 0.25) is 5.88 Å². The summed E-state index contributed by atoms with van der Waals surface area (Å²) in [7, 11) is 0. The molecular formula is C53H58N4O7S. The minimum Gasteiger partial charge on any atom is -0.494 e. The van der Waals surface area contributed by atoms with Crippen molar-refractivity contribution in [3.63, 3.8) is 0 Å². The molecule has 2 unspecified atom stereocenters. The topological polar surface area (TPSA) is 115 Å². The number of amides is 2. The van der Waals surface area contributed by atoms with E-state index in [0.29, 0.717) is 54.2 Å². The molecule has 0 aliphatic carbocycles. The predicted molar refractivity (Wildman–Crippen MR) is 261 cm³/mol. The summed E-state index contributed by atoms with van der Waals surface area (Å²) in [5.74, 6) is 2.67. The maximum atomic E-state index is 12.8. The van der Waals surface area contributed by atoms with Crippen LogP contribution in [-0.4, -0.2) is 73.5 Å². The van der Waals surface area contributed by atoms with E-state index in [9.17, 15) is 9.59 Å². The van der Waals surface area contributed by atoms with Crippen LogP contribution in [-0.2, 0) is 0 Å². The largest absolute Gasteiger partial charge is 0.494 e. The lowest BCUT2D eigenvalue weighted by atomic mass is 9.94. The molecule has 0 saturated carbocycles. The molecule has 0 bridgehead atoms. The van der Waals surface area contributed by atoms with Gasteiger partial charge in [0.15, 0.2) is 0 Å². The molecule has 10 rings (SSSR count). The molecule has 4 aromatic carbocycles. The van der Waals surface area contributed by atoms with E-state index in [4.69, 9.17) is 23.4 Å². The molecular weight excluding hydrogens is 837 g/mol. The highest BCUT2D eigenvalue weighted by Crippen LogP contribution is 2.41. The number of carbonyl (C=O) groups is 2. The van der Waals surface area contributed by atoms with Gasteiger partial charge < -0.3 is 23.4 Å².